The fraction of sp³-hybridized carbons (Fsp3) is 0.214. The van der Waals surface area contributed by atoms with Crippen molar-refractivity contribution in [1.82, 2.24) is 14.5 Å². The van der Waals surface area contributed by atoms with Crippen LogP contribution in [-0.2, 0) is 19.4 Å². The van der Waals surface area contributed by atoms with Gasteiger partial charge in [-0.05, 0) is 75.9 Å². The monoisotopic (exact) mass is 403 g/mol. The Bertz CT molecular complexity index is 1410. The zero-order valence-corrected chi connectivity index (χ0v) is 17.8. The molecule has 152 valence electrons. The summed E-state index contributed by atoms with van der Waals surface area (Å²) in [6.45, 7) is 2.87. The minimum Gasteiger partial charge on any atom is -0.331 e. The molecule has 3 heteroatoms. The summed E-state index contributed by atoms with van der Waals surface area (Å²) in [6.07, 6.45) is 11.3. The number of benzene rings is 3. The van der Waals surface area contributed by atoms with Gasteiger partial charge in [0.05, 0.1) is 6.54 Å². The quantitative estimate of drug-likeness (QED) is 0.335. The van der Waals surface area contributed by atoms with E-state index >= 15 is 0 Å². The van der Waals surface area contributed by atoms with Crippen LogP contribution in [0.2, 0.25) is 0 Å². The molecule has 3 aromatic carbocycles. The largest absolute Gasteiger partial charge is 0.331 e. The molecule has 31 heavy (non-hydrogen) atoms. The molecule has 5 aromatic rings. The third kappa shape index (κ3) is 3.21. The molecule has 0 saturated heterocycles. The Morgan fingerprint density at radius 1 is 0.968 bits per heavy atom. The molecule has 6 rings (SSSR count). The van der Waals surface area contributed by atoms with Crippen LogP contribution in [0.15, 0.2) is 79.4 Å². The molecule has 2 heterocycles. The van der Waals surface area contributed by atoms with Crippen molar-refractivity contribution in [3.63, 3.8) is 0 Å². The summed E-state index contributed by atoms with van der Waals surface area (Å²) in [5.74, 6) is 1.57. The van der Waals surface area contributed by atoms with Crippen LogP contribution < -0.4 is 0 Å². The normalized spacial score (nSPS) is 16.0. The lowest BCUT2D eigenvalue weighted by molar-refractivity contribution is 0.584. The van der Waals surface area contributed by atoms with Crippen molar-refractivity contribution < 1.29 is 0 Å². The fourth-order valence-electron chi connectivity index (χ4n) is 5.24. The minimum absolute atomic E-state index is 0.529. The first kappa shape index (κ1) is 18.3. The summed E-state index contributed by atoms with van der Waals surface area (Å²) in [4.78, 5) is 8.91. The van der Waals surface area contributed by atoms with Gasteiger partial charge in [-0.1, -0.05) is 54.6 Å². The van der Waals surface area contributed by atoms with Gasteiger partial charge in [0.25, 0.3) is 0 Å². The molecule has 0 radical (unpaired) electrons. The van der Waals surface area contributed by atoms with Crippen LogP contribution >= 0.6 is 0 Å². The van der Waals surface area contributed by atoms with E-state index in [1.165, 1.54) is 50.2 Å². The Balaban J connectivity index is 1.32. The van der Waals surface area contributed by atoms with Crippen LogP contribution in [-0.4, -0.2) is 14.5 Å². The lowest BCUT2D eigenvalue weighted by atomic mass is 9.78. The van der Waals surface area contributed by atoms with Gasteiger partial charge >= 0.3 is 0 Å². The topological polar surface area (TPSA) is 30.7 Å². The van der Waals surface area contributed by atoms with Gasteiger partial charge in [-0.25, -0.2) is 4.98 Å². The first-order chi connectivity index (χ1) is 15.3. The molecule has 0 saturated carbocycles. The van der Waals surface area contributed by atoms with E-state index in [-0.39, 0.29) is 0 Å². The molecular weight excluding hydrogens is 378 g/mol. The van der Waals surface area contributed by atoms with Crippen LogP contribution in [0, 0.1) is 6.92 Å². The van der Waals surface area contributed by atoms with Gasteiger partial charge in [-0.15, -0.1) is 0 Å². The van der Waals surface area contributed by atoms with Crippen LogP contribution in [0.5, 0.6) is 0 Å². The highest BCUT2D eigenvalue weighted by molar-refractivity contribution is 6.08. The van der Waals surface area contributed by atoms with Crippen molar-refractivity contribution >= 4 is 21.5 Å². The molecule has 0 N–H and O–H groups in total. The maximum atomic E-state index is 4.58. The van der Waals surface area contributed by atoms with Crippen molar-refractivity contribution in [3.8, 4) is 0 Å². The molecule has 2 aromatic heterocycles. The van der Waals surface area contributed by atoms with Crippen molar-refractivity contribution in [2.24, 2.45) is 0 Å². The van der Waals surface area contributed by atoms with Crippen molar-refractivity contribution in [2.75, 3.05) is 0 Å². The van der Waals surface area contributed by atoms with E-state index in [1.807, 2.05) is 25.5 Å². The molecule has 0 spiro atoms. The van der Waals surface area contributed by atoms with Gasteiger partial charge in [-0.2, -0.15) is 0 Å². The SMILES string of the molecule is Cc1nccn1Cc1cncc(C2CCc3c(ccc4c3ccc3ccccc34)C2)c1. The molecule has 0 fully saturated rings. The molecule has 1 unspecified atom stereocenters. The number of nitrogens with zero attached hydrogens (tertiary/aromatic N) is 3. The molecule has 0 amide bonds. The Hall–Kier alpha value is -3.46. The third-order valence-corrected chi connectivity index (χ3v) is 6.91. The van der Waals surface area contributed by atoms with E-state index in [2.05, 4.69) is 75.3 Å². The lowest BCUT2D eigenvalue weighted by Crippen LogP contribution is -2.14. The highest BCUT2D eigenvalue weighted by atomic mass is 15.0. The van der Waals surface area contributed by atoms with Gasteiger partial charge in [0.1, 0.15) is 5.82 Å². The fourth-order valence-corrected chi connectivity index (χ4v) is 5.24. The van der Waals surface area contributed by atoms with Crippen molar-refractivity contribution in [2.45, 2.75) is 38.6 Å². The second-order valence-corrected chi connectivity index (χ2v) is 8.75. The van der Waals surface area contributed by atoms with E-state index in [0.717, 1.165) is 25.2 Å². The molecule has 0 aliphatic heterocycles. The molecule has 3 nitrogen and oxygen atoms in total. The third-order valence-electron chi connectivity index (χ3n) is 6.91. The summed E-state index contributed by atoms with van der Waals surface area (Å²) < 4.78 is 2.17. The average Bonchev–Trinajstić information content (AvgIpc) is 3.22. The van der Waals surface area contributed by atoms with Crippen LogP contribution in [0.25, 0.3) is 21.5 Å². The van der Waals surface area contributed by atoms with E-state index in [0.29, 0.717) is 5.92 Å². The number of fused-ring (bicyclic) bond motifs is 5. The van der Waals surface area contributed by atoms with E-state index in [4.69, 9.17) is 0 Å². The molecule has 1 atom stereocenters. The van der Waals surface area contributed by atoms with E-state index in [9.17, 15) is 0 Å². The second-order valence-electron chi connectivity index (χ2n) is 8.75. The zero-order chi connectivity index (χ0) is 20.8. The minimum atomic E-state index is 0.529. The summed E-state index contributed by atoms with van der Waals surface area (Å²) >= 11 is 0. The molecular formula is C28H25N3. The number of hydrogen-bond donors (Lipinski definition) is 0. The highest BCUT2D eigenvalue weighted by Gasteiger charge is 2.22. The van der Waals surface area contributed by atoms with Crippen molar-refractivity contribution in [3.05, 3.63) is 107 Å². The number of aryl methyl sites for hydroxylation is 2. The van der Waals surface area contributed by atoms with Crippen molar-refractivity contribution in [1.29, 1.82) is 0 Å². The molecule has 0 bridgehead atoms. The van der Waals surface area contributed by atoms with Gasteiger partial charge in [0.15, 0.2) is 0 Å². The lowest BCUT2D eigenvalue weighted by Gasteiger charge is -2.26. The Labute approximate surface area is 182 Å². The summed E-state index contributed by atoms with van der Waals surface area (Å²) in [5, 5.41) is 5.49. The molecule has 1 aliphatic carbocycles. The standard InChI is InChI=1S/C28H25N3/c1-19-30-12-13-31(19)18-20-14-24(17-29-16-20)22-7-9-26-23(15-22)8-11-27-25-5-3-2-4-21(25)6-10-28(26)27/h2-6,8,10-14,16-17,22H,7,9,15,18H2,1H3. The average molecular weight is 404 g/mol. The number of hydrogen-bond acceptors (Lipinski definition) is 2. The Morgan fingerprint density at radius 2 is 1.87 bits per heavy atom. The maximum Gasteiger partial charge on any atom is 0.105 e. The van der Waals surface area contributed by atoms with Crippen LogP contribution in [0.4, 0.5) is 0 Å². The zero-order valence-electron chi connectivity index (χ0n) is 17.8. The van der Waals surface area contributed by atoms with Gasteiger partial charge in [-0.3, -0.25) is 4.98 Å². The maximum absolute atomic E-state index is 4.58. The number of imidazole rings is 1. The summed E-state index contributed by atoms with van der Waals surface area (Å²) in [6, 6.07) is 20.3. The van der Waals surface area contributed by atoms with Gasteiger partial charge in [0.2, 0.25) is 0 Å². The predicted octanol–water partition coefficient (Wildman–Crippen LogP) is 6.21. The first-order valence-electron chi connectivity index (χ1n) is 11.1. The highest BCUT2D eigenvalue weighted by Crippen LogP contribution is 2.38. The second kappa shape index (κ2) is 7.35. The number of rotatable bonds is 3. The van der Waals surface area contributed by atoms with E-state index < -0.39 is 0 Å². The summed E-state index contributed by atoms with van der Waals surface area (Å²) in [5.41, 5.74) is 5.64. The van der Waals surface area contributed by atoms with E-state index in [1.54, 1.807) is 0 Å². The number of pyridine rings is 1. The Morgan fingerprint density at radius 3 is 2.77 bits per heavy atom. The predicted molar refractivity (Wildman–Crippen MR) is 127 cm³/mol. The first-order valence-corrected chi connectivity index (χ1v) is 11.1. The Kier molecular flexibility index (Phi) is 4.34. The van der Waals surface area contributed by atoms with Crippen LogP contribution in [0.1, 0.15) is 40.4 Å². The summed E-state index contributed by atoms with van der Waals surface area (Å²) in [7, 11) is 0. The number of aromatic nitrogens is 3. The van der Waals surface area contributed by atoms with Gasteiger partial charge < -0.3 is 4.57 Å². The van der Waals surface area contributed by atoms with Gasteiger partial charge in [0, 0.05) is 24.8 Å². The smallest absolute Gasteiger partial charge is 0.105 e. The van der Waals surface area contributed by atoms with Crippen LogP contribution in [0.3, 0.4) is 0 Å². The molecule has 1 aliphatic rings.